The molecule has 0 radical (unpaired) electrons. The van der Waals surface area contributed by atoms with E-state index in [0.29, 0.717) is 25.7 Å². The molecular formula is C78H152O17P2. The molecular weight excluding hydrogens is 1270 g/mol. The maximum absolute atomic E-state index is 13.1. The third kappa shape index (κ3) is 72.2. The van der Waals surface area contributed by atoms with Crippen LogP contribution >= 0.6 is 15.6 Å². The zero-order chi connectivity index (χ0) is 71.6. The summed E-state index contributed by atoms with van der Waals surface area (Å²) >= 11 is 0. The summed E-state index contributed by atoms with van der Waals surface area (Å²) in [4.78, 5) is 72.9. The normalized spacial score (nSPS) is 14.0. The lowest BCUT2D eigenvalue weighted by Crippen LogP contribution is -2.30. The summed E-state index contributed by atoms with van der Waals surface area (Å²) < 4.78 is 68.6. The Morgan fingerprint density at radius 2 is 0.474 bits per heavy atom. The molecule has 0 heterocycles. The maximum Gasteiger partial charge on any atom is 0.472 e. The van der Waals surface area contributed by atoms with Gasteiger partial charge in [-0.1, -0.05) is 350 Å². The van der Waals surface area contributed by atoms with Crippen molar-refractivity contribution in [2.45, 2.75) is 420 Å². The molecule has 97 heavy (non-hydrogen) atoms. The zero-order valence-corrected chi connectivity index (χ0v) is 65.3. The van der Waals surface area contributed by atoms with Crippen molar-refractivity contribution in [3.8, 4) is 0 Å². The molecule has 0 bridgehead atoms. The Morgan fingerprint density at radius 3 is 0.701 bits per heavy atom. The zero-order valence-electron chi connectivity index (χ0n) is 63.5. The Balaban J connectivity index is 5.25. The molecule has 5 atom stereocenters. The van der Waals surface area contributed by atoms with Crippen molar-refractivity contribution in [1.29, 1.82) is 0 Å². The number of carbonyl (C=O) groups excluding carboxylic acids is 4. The van der Waals surface area contributed by atoms with Gasteiger partial charge in [-0.05, 0) is 43.4 Å². The smallest absolute Gasteiger partial charge is 0.462 e. The molecule has 576 valence electrons. The number of aliphatic hydroxyl groups excluding tert-OH is 1. The van der Waals surface area contributed by atoms with Crippen LogP contribution in [0.15, 0.2) is 0 Å². The molecule has 0 spiro atoms. The van der Waals surface area contributed by atoms with Gasteiger partial charge in [-0.2, -0.15) is 0 Å². The van der Waals surface area contributed by atoms with Crippen LogP contribution in [0.1, 0.15) is 402 Å². The third-order valence-electron chi connectivity index (χ3n) is 18.1. The van der Waals surface area contributed by atoms with Gasteiger partial charge in [-0.25, -0.2) is 9.13 Å². The summed E-state index contributed by atoms with van der Waals surface area (Å²) in [7, 11) is -9.92. The van der Waals surface area contributed by atoms with Gasteiger partial charge in [-0.15, -0.1) is 0 Å². The van der Waals surface area contributed by atoms with E-state index in [1.807, 2.05) is 0 Å². The van der Waals surface area contributed by atoms with E-state index in [1.54, 1.807) is 0 Å². The summed E-state index contributed by atoms with van der Waals surface area (Å²) in [6, 6.07) is 0. The average molecular weight is 1420 g/mol. The predicted molar refractivity (Wildman–Crippen MR) is 395 cm³/mol. The third-order valence-corrected chi connectivity index (χ3v) is 20.0. The van der Waals surface area contributed by atoms with Crippen molar-refractivity contribution in [3.05, 3.63) is 0 Å². The van der Waals surface area contributed by atoms with E-state index in [-0.39, 0.29) is 25.7 Å². The number of rotatable bonds is 76. The largest absolute Gasteiger partial charge is 0.472 e. The fourth-order valence-electron chi connectivity index (χ4n) is 12.0. The SMILES string of the molecule is CCCCCCCCCCCCCCCCC(=O)OC[C@H](COP(=O)(O)OC[C@@H](O)COP(=O)(O)OC[C@@H](COC(=O)CCCCCCCCCCCC(C)C)OC(=O)CCCCCCCCCCCC(C)C)OC(=O)CCCCCCCCCCCCCCCCCCC(C)C. The van der Waals surface area contributed by atoms with Crippen LogP contribution in [0, 0.1) is 17.8 Å². The monoisotopic (exact) mass is 1420 g/mol. The summed E-state index contributed by atoms with van der Waals surface area (Å²) in [6.07, 6.45) is 55.5. The molecule has 0 saturated carbocycles. The van der Waals surface area contributed by atoms with Crippen molar-refractivity contribution < 1.29 is 80.2 Å². The number of ether oxygens (including phenoxy) is 4. The summed E-state index contributed by atoms with van der Waals surface area (Å²) in [5, 5.41) is 10.6. The second kappa shape index (κ2) is 68.5. The fraction of sp³-hybridized carbons (Fsp3) is 0.949. The fourth-order valence-corrected chi connectivity index (χ4v) is 13.5. The molecule has 0 aliphatic rings. The van der Waals surface area contributed by atoms with E-state index >= 15 is 0 Å². The highest BCUT2D eigenvalue weighted by molar-refractivity contribution is 7.47. The number of aliphatic hydroxyl groups is 1. The number of esters is 4. The lowest BCUT2D eigenvalue weighted by molar-refractivity contribution is -0.161. The molecule has 0 saturated heterocycles. The van der Waals surface area contributed by atoms with Gasteiger partial charge in [0.25, 0.3) is 0 Å². The molecule has 0 aromatic rings. The van der Waals surface area contributed by atoms with Gasteiger partial charge in [0.15, 0.2) is 12.2 Å². The van der Waals surface area contributed by atoms with E-state index in [1.165, 1.54) is 212 Å². The van der Waals surface area contributed by atoms with Crippen LogP contribution in [0.5, 0.6) is 0 Å². The van der Waals surface area contributed by atoms with Gasteiger partial charge < -0.3 is 33.8 Å². The van der Waals surface area contributed by atoms with Crippen molar-refractivity contribution in [2.24, 2.45) is 17.8 Å². The van der Waals surface area contributed by atoms with Crippen molar-refractivity contribution in [1.82, 2.24) is 0 Å². The molecule has 3 N–H and O–H groups in total. The maximum atomic E-state index is 13.1. The molecule has 0 aliphatic heterocycles. The Hall–Kier alpha value is -1.94. The van der Waals surface area contributed by atoms with Crippen LogP contribution < -0.4 is 0 Å². The van der Waals surface area contributed by atoms with Crippen LogP contribution in [0.2, 0.25) is 0 Å². The standard InChI is InChI=1S/C78H152O17P2/c1-8-9-10-11-12-13-14-15-21-24-31-38-45-52-59-75(80)88-65-73(94-77(82)61-54-47-40-32-25-22-19-17-16-18-20-23-28-35-42-49-56-69(2)3)67-92-96(84,85)90-63-72(79)64-91-97(86,87)93-68-74(95-78(83)62-55-48-41-34-27-30-37-44-51-58-71(6)7)66-89-76(81)60-53-46-39-33-26-29-36-43-50-57-70(4)5/h69-74,79H,8-68H2,1-7H3,(H,84,85)(H,86,87)/t72-,73-,74-/m1/s1. The highest BCUT2D eigenvalue weighted by atomic mass is 31.2. The lowest BCUT2D eigenvalue weighted by Gasteiger charge is -2.21. The van der Waals surface area contributed by atoms with Gasteiger partial charge in [0, 0.05) is 25.7 Å². The van der Waals surface area contributed by atoms with E-state index in [2.05, 4.69) is 48.5 Å². The van der Waals surface area contributed by atoms with E-state index in [9.17, 15) is 43.2 Å². The van der Waals surface area contributed by atoms with E-state index in [0.717, 1.165) is 108 Å². The topological polar surface area (TPSA) is 237 Å². The van der Waals surface area contributed by atoms with E-state index < -0.39 is 97.5 Å². The molecule has 2 unspecified atom stereocenters. The van der Waals surface area contributed by atoms with Crippen molar-refractivity contribution in [3.63, 3.8) is 0 Å². The minimum atomic E-state index is -4.96. The minimum absolute atomic E-state index is 0.105. The summed E-state index contributed by atoms with van der Waals surface area (Å²) in [6.45, 7) is 11.9. The Morgan fingerprint density at radius 1 is 0.278 bits per heavy atom. The Labute approximate surface area is 594 Å². The highest BCUT2D eigenvalue weighted by Gasteiger charge is 2.30. The predicted octanol–water partition coefficient (Wildman–Crippen LogP) is 23.0. The molecule has 0 aliphatic carbocycles. The Kier molecular flexibility index (Phi) is 67.1. The quantitative estimate of drug-likeness (QED) is 0.0222. The number of phosphoric acid groups is 2. The van der Waals surface area contributed by atoms with E-state index in [4.69, 9.17) is 37.0 Å². The van der Waals surface area contributed by atoms with Crippen LogP contribution in [0.4, 0.5) is 0 Å². The molecule has 0 amide bonds. The van der Waals surface area contributed by atoms with Crippen molar-refractivity contribution >= 4 is 39.5 Å². The van der Waals surface area contributed by atoms with Gasteiger partial charge in [0.1, 0.15) is 19.3 Å². The second-order valence-electron chi connectivity index (χ2n) is 29.5. The van der Waals surface area contributed by atoms with Gasteiger partial charge in [0.05, 0.1) is 26.4 Å². The first-order valence-electron chi connectivity index (χ1n) is 40.3. The van der Waals surface area contributed by atoms with Gasteiger partial charge in [0.2, 0.25) is 0 Å². The molecule has 17 nitrogen and oxygen atoms in total. The first kappa shape index (κ1) is 95.1. The number of phosphoric ester groups is 2. The van der Waals surface area contributed by atoms with Crippen molar-refractivity contribution in [2.75, 3.05) is 39.6 Å². The van der Waals surface area contributed by atoms with Crippen LogP contribution in [-0.2, 0) is 65.4 Å². The van der Waals surface area contributed by atoms with Crippen LogP contribution in [0.3, 0.4) is 0 Å². The number of hydrogen-bond acceptors (Lipinski definition) is 15. The lowest BCUT2D eigenvalue weighted by atomic mass is 10.0. The number of unbranched alkanes of at least 4 members (excludes halogenated alkanes) is 44. The molecule has 0 rings (SSSR count). The molecule has 19 heteroatoms. The van der Waals surface area contributed by atoms with Crippen LogP contribution in [0.25, 0.3) is 0 Å². The molecule has 0 aromatic heterocycles. The summed E-state index contributed by atoms with van der Waals surface area (Å²) in [5.74, 6) is 0.175. The molecule has 0 fully saturated rings. The first-order valence-corrected chi connectivity index (χ1v) is 43.3. The number of carbonyl (C=O) groups is 4. The van der Waals surface area contributed by atoms with Gasteiger partial charge >= 0.3 is 39.5 Å². The summed E-state index contributed by atoms with van der Waals surface area (Å²) in [5.41, 5.74) is 0. The minimum Gasteiger partial charge on any atom is -0.462 e. The van der Waals surface area contributed by atoms with Gasteiger partial charge in [-0.3, -0.25) is 37.3 Å². The van der Waals surface area contributed by atoms with Crippen LogP contribution in [-0.4, -0.2) is 96.7 Å². The first-order chi connectivity index (χ1) is 46.7. The number of hydrogen-bond donors (Lipinski definition) is 3. The Bertz CT molecular complexity index is 1890. The average Bonchev–Trinajstić information content (AvgIpc) is 2.40. The highest BCUT2D eigenvalue weighted by Crippen LogP contribution is 2.45. The molecule has 0 aromatic carbocycles. The second-order valence-corrected chi connectivity index (χ2v) is 32.4.